The molecule has 0 saturated heterocycles. The van der Waals surface area contributed by atoms with Gasteiger partial charge in [0, 0.05) is 37.1 Å². The average molecular weight is 572 g/mol. The Bertz CT molecular complexity index is 1380. The third-order valence-electron chi connectivity index (χ3n) is 7.04. The van der Waals surface area contributed by atoms with Gasteiger partial charge in [0.2, 0.25) is 11.8 Å². The summed E-state index contributed by atoms with van der Waals surface area (Å²) in [6, 6.07) is 4.43. The Labute approximate surface area is 235 Å². The van der Waals surface area contributed by atoms with Crippen LogP contribution in [0, 0.1) is 11.8 Å². The second-order valence-corrected chi connectivity index (χ2v) is 10.5. The number of nitrogens with zero attached hydrogens (tertiary/aromatic N) is 4. The number of ether oxygens (including phenoxy) is 1. The molecule has 12 heteroatoms. The fourth-order valence-electron chi connectivity index (χ4n) is 4.89. The molecule has 41 heavy (non-hydrogen) atoms. The van der Waals surface area contributed by atoms with Crippen LogP contribution in [0.3, 0.4) is 0 Å². The van der Waals surface area contributed by atoms with Gasteiger partial charge in [-0.25, -0.2) is 14.8 Å². The number of alkyl halides is 3. The molecular weight excluding hydrogens is 539 g/mol. The van der Waals surface area contributed by atoms with Crippen molar-refractivity contribution in [2.45, 2.75) is 65.2 Å². The van der Waals surface area contributed by atoms with Gasteiger partial charge < -0.3 is 20.1 Å². The van der Waals surface area contributed by atoms with Crippen LogP contribution in [0.1, 0.15) is 67.9 Å². The molecule has 0 aliphatic heterocycles. The van der Waals surface area contributed by atoms with Crippen LogP contribution in [-0.4, -0.2) is 38.0 Å². The van der Waals surface area contributed by atoms with Gasteiger partial charge in [0.25, 0.3) is 0 Å². The van der Waals surface area contributed by atoms with Gasteiger partial charge in [-0.15, -0.1) is 0 Å². The highest BCUT2D eigenvalue weighted by molar-refractivity contribution is 6.03. The molecule has 1 fully saturated rings. The number of carboxylic acid groups (broad SMARTS) is 1. The van der Waals surface area contributed by atoms with Gasteiger partial charge in [0.05, 0.1) is 17.4 Å². The Hall–Kier alpha value is -4.22. The van der Waals surface area contributed by atoms with Crippen molar-refractivity contribution >= 4 is 23.4 Å². The minimum atomic E-state index is -4.79. The first-order valence-electron chi connectivity index (χ1n) is 13.4. The molecule has 2 N–H and O–H groups in total. The predicted octanol–water partition coefficient (Wildman–Crippen LogP) is 6.56. The lowest BCUT2D eigenvalue weighted by Crippen LogP contribution is -2.42. The number of benzene rings is 1. The molecule has 218 valence electrons. The van der Waals surface area contributed by atoms with E-state index in [0.717, 1.165) is 37.8 Å². The van der Waals surface area contributed by atoms with Crippen LogP contribution in [0.25, 0.3) is 0 Å². The molecule has 1 aliphatic rings. The van der Waals surface area contributed by atoms with E-state index in [-0.39, 0.29) is 47.0 Å². The molecule has 0 atom stereocenters. The first-order valence-corrected chi connectivity index (χ1v) is 13.4. The molecule has 1 aliphatic carbocycles. The van der Waals surface area contributed by atoms with Crippen molar-refractivity contribution in [2.75, 3.05) is 10.2 Å². The predicted molar refractivity (Wildman–Crippen MR) is 146 cm³/mol. The van der Waals surface area contributed by atoms with Crippen molar-refractivity contribution in [1.82, 2.24) is 15.0 Å². The van der Waals surface area contributed by atoms with Crippen molar-refractivity contribution in [3.8, 4) is 11.6 Å². The summed E-state index contributed by atoms with van der Waals surface area (Å²) < 4.78 is 47.3. The Morgan fingerprint density at radius 1 is 1.10 bits per heavy atom. The van der Waals surface area contributed by atoms with Crippen molar-refractivity contribution in [3.63, 3.8) is 0 Å². The van der Waals surface area contributed by atoms with Gasteiger partial charge >= 0.3 is 12.1 Å². The number of halogens is 3. The molecule has 1 saturated carbocycles. The fraction of sp³-hybridized carbons (Fsp3) is 0.414. The first-order chi connectivity index (χ1) is 19.4. The van der Waals surface area contributed by atoms with Gasteiger partial charge in [0.15, 0.2) is 0 Å². The van der Waals surface area contributed by atoms with Crippen molar-refractivity contribution in [3.05, 3.63) is 65.7 Å². The number of amides is 1. The topological polar surface area (TPSA) is 118 Å². The number of anilines is 2. The highest BCUT2D eigenvalue weighted by atomic mass is 19.4. The lowest BCUT2D eigenvalue weighted by Gasteiger charge is -2.34. The van der Waals surface area contributed by atoms with Gasteiger partial charge in [-0.05, 0) is 75.3 Å². The Morgan fingerprint density at radius 3 is 2.44 bits per heavy atom. The van der Waals surface area contributed by atoms with Gasteiger partial charge in [-0.3, -0.25) is 9.78 Å². The molecule has 2 heterocycles. The number of nitrogens with one attached hydrogen (secondary N) is 1. The van der Waals surface area contributed by atoms with E-state index in [1.165, 1.54) is 41.8 Å². The normalized spacial score (nSPS) is 17.2. The van der Waals surface area contributed by atoms with Gasteiger partial charge in [-0.2, -0.15) is 13.2 Å². The maximum absolute atomic E-state index is 13.9. The second-order valence-electron chi connectivity index (χ2n) is 10.5. The van der Waals surface area contributed by atoms with E-state index in [1.807, 2.05) is 0 Å². The summed E-state index contributed by atoms with van der Waals surface area (Å²) in [6.45, 7) is 5.73. The van der Waals surface area contributed by atoms with Crippen LogP contribution in [-0.2, 0) is 17.5 Å². The zero-order chi connectivity index (χ0) is 29.7. The summed E-state index contributed by atoms with van der Waals surface area (Å²) >= 11 is 0. The minimum Gasteiger partial charge on any atom is -0.478 e. The van der Waals surface area contributed by atoms with E-state index in [2.05, 4.69) is 27.2 Å². The molecule has 0 bridgehead atoms. The summed E-state index contributed by atoms with van der Waals surface area (Å²) in [4.78, 5) is 39.0. The van der Waals surface area contributed by atoms with Gasteiger partial charge in [-0.1, -0.05) is 6.92 Å². The molecule has 9 nitrogen and oxygen atoms in total. The molecule has 0 radical (unpaired) electrons. The monoisotopic (exact) mass is 571 g/mol. The largest absolute Gasteiger partial charge is 0.478 e. The van der Waals surface area contributed by atoms with E-state index in [4.69, 9.17) is 4.74 Å². The smallest absolute Gasteiger partial charge is 0.421 e. The fourth-order valence-corrected chi connectivity index (χ4v) is 4.89. The first kappa shape index (κ1) is 29.8. The standard InChI is InChI=1S/C29H32F3N5O4/c1-17(2)37(27(38)20-6-4-18(3)5-7-20)24-9-8-21(13-22(24)28(39)40)41-26-23(29(30,31)32)12-19(15-36-26)14-35-25-16-33-10-11-34-25/h8-13,15-18,20H,4-7,14H2,1-3H3,(H,34,35)(H,39,40)/t18-,20-. The minimum absolute atomic E-state index is 0.00584. The number of carbonyl (C=O) groups excluding carboxylic acids is 1. The molecule has 4 rings (SSSR count). The molecule has 0 unspecified atom stereocenters. The second kappa shape index (κ2) is 12.5. The Kier molecular flexibility index (Phi) is 9.09. The average Bonchev–Trinajstić information content (AvgIpc) is 2.93. The number of hydrogen-bond acceptors (Lipinski definition) is 7. The molecule has 0 spiro atoms. The number of rotatable bonds is 9. The van der Waals surface area contributed by atoms with Crippen LogP contribution in [0.2, 0.25) is 0 Å². The van der Waals surface area contributed by atoms with Gasteiger partial charge in [0.1, 0.15) is 17.1 Å². The summed E-state index contributed by atoms with van der Waals surface area (Å²) in [6.07, 6.45) is 4.08. The van der Waals surface area contributed by atoms with Crippen molar-refractivity contribution < 1.29 is 32.6 Å². The van der Waals surface area contributed by atoms with Crippen LogP contribution < -0.4 is 15.0 Å². The highest BCUT2D eigenvalue weighted by Crippen LogP contribution is 2.39. The number of carbonyl (C=O) groups is 2. The molecule has 1 aromatic carbocycles. The molecule has 1 amide bonds. The van der Waals surface area contributed by atoms with E-state index in [1.54, 1.807) is 13.8 Å². The Morgan fingerprint density at radius 2 is 1.83 bits per heavy atom. The zero-order valence-electron chi connectivity index (χ0n) is 23.0. The third kappa shape index (κ3) is 7.30. The molecular formula is C29H32F3N5O4. The number of pyridine rings is 1. The number of aromatic carboxylic acids is 1. The lowest BCUT2D eigenvalue weighted by atomic mass is 9.82. The number of hydrogen-bond donors (Lipinski definition) is 2. The Balaban J connectivity index is 1.61. The lowest BCUT2D eigenvalue weighted by molar-refractivity contribution is -0.139. The van der Waals surface area contributed by atoms with E-state index < -0.39 is 23.6 Å². The zero-order valence-corrected chi connectivity index (χ0v) is 23.0. The summed E-state index contributed by atoms with van der Waals surface area (Å²) in [5.41, 5.74) is -0.993. The maximum Gasteiger partial charge on any atom is 0.421 e. The number of carboxylic acids is 1. The quantitative estimate of drug-likeness (QED) is 0.297. The number of aromatic nitrogens is 3. The van der Waals surface area contributed by atoms with Crippen molar-refractivity contribution in [2.24, 2.45) is 11.8 Å². The molecule has 3 aromatic rings. The highest BCUT2D eigenvalue weighted by Gasteiger charge is 2.36. The summed E-state index contributed by atoms with van der Waals surface area (Å²) in [5.74, 6) is -1.67. The summed E-state index contributed by atoms with van der Waals surface area (Å²) in [7, 11) is 0. The van der Waals surface area contributed by atoms with Crippen LogP contribution >= 0.6 is 0 Å². The van der Waals surface area contributed by atoms with E-state index in [0.29, 0.717) is 11.7 Å². The maximum atomic E-state index is 13.9. The van der Waals surface area contributed by atoms with Crippen molar-refractivity contribution in [1.29, 1.82) is 0 Å². The van der Waals surface area contributed by atoms with E-state index in [9.17, 15) is 27.9 Å². The van der Waals surface area contributed by atoms with E-state index >= 15 is 0 Å². The summed E-state index contributed by atoms with van der Waals surface area (Å²) in [5, 5.41) is 12.9. The van der Waals surface area contributed by atoms with Crippen LogP contribution in [0.15, 0.2) is 49.1 Å². The molecule has 2 aromatic heterocycles. The SMILES string of the molecule is CC(C)N(c1ccc(Oc2ncc(CNc3cnccn3)cc2C(F)(F)F)cc1C(=O)O)C(=O)[C@H]1CC[C@H](C)CC1. The van der Waals surface area contributed by atoms with Crippen LogP contribution in [0.4, 0.5) is 24.7 Å². The van der Waals surface area contributed by atoms with Crippen LogP contribution in [0.5, 0.6) is 11.6 Å². The third-order valence-corrected chi connectivity index (χ3v) is 7.04.